The molecule has 0 fully saturated rings. The first-order valence-electron chi connectivity index (χ1n) is 5.47. The quantitative estimate of drug-likeness (QED) is 0.845. The Hall–Kier alpha value is -1.19. The maximum Gasteiger partial charge on any atom is 0.166 e. The molecule has 2 N–H and O–H groups in total. The fourth-order valence-corrected chi connectivity index (χ4v) is 1.87. The fraction of sp³-hybridized carbons (Fsp3) is 0.385. The molecule has 4 heteroatoms. The summed E-state index contributed by atoms with van der Waals surface area (Å²) in [5, 5.41) is 0. The van der Waals surface area contributed by atoms with Crippen LogP contribution in [0.5, 0.6) is 11.5 Å². The minimum Gasteiger partial charge on any atom is -0.486 e. The molecule has 1 aromatic carbocycles. The summed E-state index contributed by atoms with van der Waals surface area (Å²) in [6.07, 6.45) is 0.764. The molecule has 0 bridgehead atoms. The van der Waals surface area contributed by atoms with Gasteiger partial charge in [-0.3, -0.25) is 0 Å². The zero-order valence-corrected chi connectivity index (χ0v) is 10.8. The smallest absolute Gasteiger partial charge is 0.166 e. The summed E-state index contributed by atoms with van der Waals surface area (Å²) in [6, 6.07) is 5.77. The number of rotatable bonds is 3. The molecule has 3 nitrogen and oxygen atoms in total. The maximum atomic E-state index is 6.12. The third-order valence-corrected chi connectivity index (χ3v) is 2.56. The molecule has 0 aromatic heterocycles. The van der Waals surface area contributed by atoms with E-state index in [1.165, 1.54) is 0 Å². The van der Waals surface area contributed by atoms with Crippen LogP contribution in [0.3, 0.4) is 0 Å². The maximum absolute atomic E-state index is 6.12. The normalized spacial score (nSPS) is 14.7. The van der Waals surface area contributed by atoms with Crippen molar-refractivity contribution in [3.8, 4) is 11.5 Å². The highest BCUT2D eigenvalue weighted by molar-refractivity contribution is 5.85. The molecule has 0 saturated heterocycles. The van der Waals surface area contributed by atoms with Crippen molar-refractivity contribution in [2.45, 2.75) is 19.4 Å². The van der Waals surface area contributed by atoms with Crippen LogP contribution in [0.4, 0.5) is 0 Å². The first-order chi connectivity index (χ1) is 7.68. The standard InChI is InChI=1S/C13H17NO2.ClH/c1-9(2)8-11(14)10-4-3-5-12-13(10)16-7-6-15-12;/h3-5,11H,1,6-8,14H2,2H3;1H/t11-;/m1./s1. The van der Waals surface area contributed by atoms with Crippen molar-refractivity contribution >= 4 is 12.4 Å². The molecule has 1 heterocycles. The van der Waals surface area contributed by atoms with Gasteiger partial charge in [0.15, 0.2) is 11.5 Å². The molecular weight excluding hydrogens is 238 g/mol. The largest absolute Gasteiger partial charge is 0.486 e. The number of benzene rings is 1. The molecule has 0 saturated carbocycles. The summed E-state index contributed by atoms with van der Waals surface area (Å²) in [6.45, 7) is 7.05. The van der Waals surface area contributed by atoms with Crippen molar-refractivity contribution < 1.29 is 9.47 Å². The molecule has 1 aliphatic heterocycles. The van der Waals surface area contributed by atoms with E-state index in [0.717, 1.165) is 29.1 Å². The van der Waals surface area contributed by atoms with Crippen LogP contribution in [0.1, 0.15) is 24.9 Å². The number of para-hydroxylation sites is 1. The van der Waals surface area contributed by atoms with E-state index < -0.39 is 0 Å². The zero-order valence-electron chi connectivity index (χ0n) is 9.94. The predicted octanol–water partition coefficient (Wildman–Crippen LogP) is 2.85. The van der Waals surface area contributed by atoms with Crippen LogP contribution in [-0.2, 0) is 0 Å². The van der Waals surface area contributed by atoms with Crippen LogP contribution < -0.4 is 15.2 Å². The molecule has 94 valence electrons. The minimum atomic E-state index is -0.0749. The summed E-state index contributed by atoms with van der Waals surface area (Å²) in [7, 11) is 0. The van der Waals surface area contributed by atoms with Gasteiger partial charge in [0.05, 0.1) is 0 Å². The van der Waals surface area contributed by atoms with E-state index in [1.807, 2.05) is 25.1 Å². The first kappa shape index (κ1) is 13.9. The molecule has 1 atom stereocenters. The molecule has 1 aliphatic rings. The van der Waals surface area contributed by atoms with Crippen molar-refractivity contribution in [3.63, 3.8) is 0 Å². The lowest BCUT2D eigenvalue weighted by Crippen LogP contribution is -2.19. The fourth-order valence-electron chi connectivity index (χ4n) is 1.87. The molecule has 0 aliphatic carbocycles. The second-order valence-electron chi connectivity index (χ2n) is 4.14. The van der Waals surface area contributed by atoms with Gasteiger partial charge in [0, 0.05) is 11.6 Å². The highest BCUT2D eigenvalue weighted by Crippen LogP contribution is 2.37. The van der Waals surface area contributed by atoms with E-state index in [4.69, 9.17) is 15.2 Å². The Labute approximate surface area is 108 Å². The molecule has 2 rings (SSSR count). The van der Waals surface area contributed by atoms with Crippen LogP contribution >= 0.6 is 12.4 Å². The number of hydrogen-bond donors (Lipinski definition) is 1. The van der Waals surface area contributed by atoms with Crippen molar-refractivity contribution in [1.29, 1.82) is 0 Å². The van der Waals surface area contributed by atoms with E-state index in [2.05, 4.69) is 6.58 Å². The number of fused-ring (bicyclic) bond motifs is 1. The summed E-state index contributed by atoms with van der Waals surface area (Å²) in [4.78, 5) is 0. The van der Waals surface area contributed by atoms with Crippen molar-refractivity contribution in [1.82, 2.24) is 0 Å². The average molecular weight is 256 g/mol. The van der Waals surface area contributed by atoms with Gasteiger partial charge in [0.25, 0.3) is 0 Å². The van der Waals surface area contributed by atoms with Gasteiger partial charge in [-0.2, -0.15) is 0 Å². The summed E-state index contributed by atoms with van der Waals surface area (Å²) in [5.74, 6) is 1.59. The van der Waals surface area contributed by atoms with Crippen LogP contribution in [-0.4, -0.2) is 13.2 Å². The summed E-state index contributed by atoms with van der Waals surface area (Å²) in [5.41, 5.74) is 8.19. The third-order valence-electron chi connectivity index (χ3n) is 2.56. The van der Waals surface area contributed by atoms with Gasteiger partial charge in [0.2, 0.25) is 0 Å². The number of ether oxygens (including phenoxy) is 2. The Bertz CT molecular complexity index is 406. The van der Waals surface area contributed by atoms with E-state index in [0.29, 0.717) is 13.2 Å². The minimum absolute atomic E-state index is 0. The second kappa shape index (κ2) is 5.94. The lowest BCUT2D eigenvalue weighted by atomic mass is 10.00. The van der Waals surface area contributed by atoms with Gasteiger partial charge in [-0.05, 0) is 19.4 Å². The molecular formula is C13H18ClNO2. The molecule has 17 heavy (non-hydrogen) atoms. The topological polar surface area (TPSA) is 44.5 Å². The van der Waals surface area contributed by atoms with Crippen LogP contribution in [0, 0.1) is 0 Å². The van der Waals surface area contributed by atoms with Gasteiger partial charge in [-0.15, -0.1) is 19.0 Å². The lowest BCUT2D eigenvalue weighted by molar-refractivity contribution is 0.169. The van der Waals surface area contributed by atoms with Gasteiger partial charge in [-0.25, -0.2) is 0 Å². The van der Waals surface area contributed by atoms with E-state index in [9.17, 15) is 0 Å². The molecule has 0 unspecified atom stereocenters. The van der Waals surface area contributed by atoms with Crippen molar-refractivity contribution in [2.75, 3.05) is 13.2 Å². The molecule has 1 aromatic rings. The Balaban J connectivity index is 0.00000144. The summed E-state index contributed by atoms with van der Waals surface area (Å²) >= 11 is 0. The van der Waals surface area contributed by atoms with E-state index in [1.54, 1.807) is 0 Å². The third kappa shape index (κ3) is 3.14. The number of halogens is 1. The molecule has 0 spiro atoms. The Kier molecular flexibility index (Phi) is 4.85. The monoisotopic (exact) mass is 255 g/mol. The summed E-state index contributed by atoms with van der Waals surface area (Å²) < 4.78 is 11.1. The second-order valence-corrected chi connectivity index (χ2v) is 4.14. The first-order valence-corrected chi connectivity index (χ1v) is 5.47. The highest BCUT2D eigenvalue weighted by Gasteiger charge is 2.19. The van der Waals surface area contributed by atoms with Gasteiger partial charge in [0.1, 0.15) is 13.2 Å². The Morgan fingerprint density at radius 2 is 2.12 bits per heavy atom. The van der Waals surface area contributed by atoms with E-state index >= 15 is 0 Å². The zero-order chi connectivity index (χ0) is 11.5. The predicted molar refractivity (Wildman–Crippen MR) is 71.0 cm³/mol. The molecule has 0 amide bonds. The van der Waals surface area contributed by atoms with Crippen molar-refractivity contribution in [3.05, 3.63) is 35.9 Å². The Morgan fingerprint density at radius 1 is 1.41 bits per heavy atom. The van der Waals surface area contributed by atoms with Gasteiger partial charge >= 0.3 is 0 Å². The number of nitrogens with two attached hydrogens (primary N) is 1. The van der Waals surface area contributed by atoms with Crippen LogP contribution in [0.15, 0.2) is 30.4 Å². The SMILES string of the molecule is C=C(C)C[C@@H](N)c1cccc2c1OCCO2.Cl. The van der Waals surface area contributed by atoms with Gasteiger partial charge in [-0.1, -0.05) is 17.7 Å². The van der Waals surface area contributed by atoms with Crippen LogP contribution in [0.2, 0.25) is 0 Å². The lowest BCUT2D eigenvalue weighted by Gasteiger charge is -2.23. The highest BCUT2D eigenvalue weighted by atomic mass is 35.5. The van der Waals surface area contributed by atoms with Crippen LogP contribution in [0.25, 0.3) is 0 Å². The average Bonchev–Trinajstić information content (AvgIpc) is 2.27. The number of hydrogen-bond acceptors (Lipinski definition) is 3. The van der Waals surface area contributed by atoms with Crippen molar-refractivity contribution in [2.24, 2.45) is 5.73 Å². The van der Waals surface area contributed by atoms with Gasteiger partial charge < -0.3 is 15.2 Å². The Morgan fingerprint density at radius 3 is 2.82 bits per heavy atom. The molecule has 0 radical (unpaired) electrons. The van der Waals surface area contributed by atoms with E-state index in [-0.39, 0.29) is 18.4 Å².